The van der Waals surface area contributed by atoms with Crippen LogP contribution < -0.4 is 5.73 Å². The molecule has 6 heteroatoms. The number of nitrogens with two attached hydrogens (primary N) is 1. The highest BCUT2D eigenvalue weighted by Crippen LogP contribution is 2.43. The van der Waals surface area contributed by atoms with Crippen LogP contribution >= 0.6 is 11.8 Å². The summed E-state index contributed by atoms with van der Waals surface area (Å²) < 4.78 is 0. The zero-order valence-electron chi connectivity index (χ0n) is 14.2. The molecule has 2 amide bonds. The summed E-state index contributed by atoms with van der Waals surface area (Å²) in [6.07, 6.45) is 1.91. The predicted octanol–water partition coefficient (Wildman–Crippen LogP) is 1.52. The van der Waals surface area contributed by atoms with Crippen LogP contribution in [0.2, 0.25) is 0 Å². The first-order valence-electron chi connectivity index (χ1n) is 8.28. The van der Waals surface area contributed by atoms with Gasteiger partial charge in [-0.1, -0.05) is 27.7 Å². The Kier molecular flexibility index (Phi) is 5.43. The Labute approximate surface area is 138 Å². The average molecular weight is 327 g/mol. The SMILES string of the molecule is CC(C)C(=O)N1CCSC12CCCN(C(=O)C(N)C(C)C)C2. The van der Waals surface area contributed by atoms with Crippen molar-refractivity contribution < 1.29 is 9.59 Å². The zero-order valence-corrected chi connectivity index (χ0v) is 15.0. The number of hydrogen-bond acceptors (Lipinski definition) is 4. The molecule has 2 atom stereocenters. The summed E-state index contributed by atoms with van der Waals surface area (Å²) in [6.45, 7) is 10.0. The third kappa shape index (κ3) is 3.27. The summed E-state index contributed by atoms with van der Waals surface area (Å²) in [6, 6.07) is -0.448. The third-order valence-electron chi connectivity index (χ3n) is 4.69. The van der Waals surface area contributed by atoms with Gasteiger partial charge in [0.05, 0.1) is 12.6 Å². The van der Waals surface area contributed by atoms with Crippen LogP contribution in [0.1, 0.15) is 40.5 Å². The van der Waals surface area contributed by atoms with Gasteiger partial charge in [0.25, 0.3) is 0 Å². The molecular weight excluding hydrogens is 298 g/mol. The summed E-state index contributed by atoms with van der Waals surface area (Å²) in [5, 5.41) is 0. The van der Waals surface area contributed by atoms with Gasteiger partial charge in [0.1, 0.15) is 4.87 Å². The molecule has 0 aromatic carbocycles. The van der Waals surface area contributed by atoms with E-state index in [1.54, 1.807) is 0 Å². The van der Waals surface area contributed by atoms with Gasteiger partial charge in [-0.05, 0) is 18.8 Å². The van der Waals surface area contributed by atoms with Crippen molar-refractivity contribution in [1.82, 2.24) is 9.80 Å². The molecule has 0 aliphatic carbocycles. The Morgan fingerprint density at radius 3 is 2.41 bits per heavy atom. The number of hydrogen-bond donors (Lipinski definition) is 1. The van der Waals surface area contributed by atoms with Crippen molar-refractivity contribution in [2.45, 2.75) is 51.4 Å². The van der Waals surface area contributed by atoms with Crippen LogP contribution in [0.25, 0.3) is 0 Å². The topological polar surface area (TPSA) is 66.6 Å². The molecule has 2 heterocycles. The Morgan fingerprint density at radius 1 is 1.14 bits per heavy atom. The average Bonchev–Trinajstić information content (AvgIpc) is 2.87. The first-order valence-corrected chi connectivity index (χ1v) is 9.27. The fourth-order valence-electron chi connectivity index (χ4n) is 3.26. The fourth-order valence-corrected chi connectivity index (χ4v) is 4.78. The summed E-state index contributed by atoms with van der Waals surface area (Å²) in [5.41, 5.74) is 6.04. The number of likely N-dealkylation sites (tertiary alicyclic amines) is 1. The van der Waals surface area contributed by atoms with E-state index in [0.717, 1.165) is 31.7 Å². The quantitative estimate of drug-likeness (QED) is 0.853. The minimum absolute atomic E-state index is 0.000394. The molecule has 0 saturated carbocycles. The first kappa shape index (κ1) is 17.6. The lowest BCUT2D eigenvalue weighted by atomic mass is 9.98. The highest BCUT2D eigenvalue weighted by Gasteiger charge is 2.48. The molecule has 2 rings (SSSR count). The van der Waals surface area contributed by atoms with E-state index in [1.165, 1.54) is 0 Å². The van der Waals surface area contributed by atoms with E-state index in [4.69, 9.17) is 5.73 Å². The molecule has 22 heavy (non-hydrogen) atoms. The van der Waals surface area contributed by atoms with Crippen LogP contribution in [0.15, 0.2) is 0 Å². The molecule has 2 aliphatic rings. The van der Waals surface area contributed by atoms with E-state index in [0.29, 0.717) is 6.54 Å². The number of rotatable bonds is 3. The second-order valence-corrected chi connectivity index (χ2v) is 8.53. The maximum Gasteiger partial charge on any atom is 0.239 e. The highest BCUT2D eigenvalue weighted by atomic mass is 32.2. The molecule has 2 unspecified atom stereocenters. The monoisotopic (exact) mass is 327 g/mol. The lowest BCUT2D eigenvalue weighted by Gasteiger charge is -2.46. The molecule has 0 radical (unpaired) electrons. The van der Waals surface area contributed by atoms with Gasteiger partial charge < -0.3 is 15.5 Å². The smallest absolute Gasteiger partial charge is 0.239 e. The van der Waals surface area contributed by atoms with Crippen molar-refractivity contribution in [2.24, 2.45) is 17.6 Å². The lowest BCUT2D eigenvalue weighted by Crippen LogP contribution is -2.60. The second kappa shape index (κ2) is 6.79. The Hall–Kier alpha value is -0.750. The number of carbonyl (C=O) groups excluding carboxylic acids is 2. The standard InChI is InChI=1S/C16H29N3O2S/c1-11(2)13(17)15(21)18-7-5-6-16(10-18)19(8-9-22-16)14(20)12(3)4/h11-13H,5-10,17H2,1-4H3. The van der Waals surface area contributed by atoms with Crippen LogP contribution in [0.4, 0.5) is 0 Å². The normalized spacial score (nSPS) is 27.0. The van der Waals surface area contributed by atoms with Crippen LogP contribution in [0.5, 0.6) is 0 Å². The summed E-state index contributed by atoms with van der Waals surface area (Å²) >= 11 is 1.83. The zero-order chi connectivity index (χ0) is 16.5. The predicted molar refractivity (Wildman–Crippen MR) is 90.4 cm³/mol. The van der Waals surface area contributed by atoms with Crippen molar-refractivity contribution in [3.05, 3.63) is 0 Å². The molecule has 0 aromatic heterocycles. The van der Waals surface area contributed by atoms with Crippen molar-refractivity contribution in [3.8, 4) is 0 Å². The van der Waals surface area contributed by atoms with Crippen molar-refractivity contribution in [2.75, 3.05) is 25.4 Å². The maximum absolute atomic E-state index is 12.6. The number of piperidine rings is 1. The molecule has 5 nitrogen and oxygen atoms in total. The molecule has 2 N–H and O–H groups in total. The van der Waals surface area contributed by atoms with Crippen molar-refractivity contribution in [1.29, 1.82) is 0 Å². The first-order chi connectivity index (χ1) is 10.3. The second-order valence-electron chi connectivity index (χ2n) is 7.07. The Balaban J connectivity index is 2.15. The van der Waals surface area contributed by atoms with E-state index in [-0.39, 0.29) is 28.5 Å². The maximum atomic E-state index is 12.6. The van der Waals surface area contributed by atoms with Crippen LogP contribution in [0.3, 0.4) is 0 Å². The lowest BCUT2D eigenvalue weighted by molar-refractivity contribution is -0.143. The largest absolute Gasteiger partial charge is 0.338 e. The third-order valence-corrected chi connectivity index (χ3v) is 6.16. The number of amides is 2. The number of thioether (sulfide) groups is 1. The summed E-state index contributed by atoms with van der Waals surface area (Å²) in [7, 11) is 0. The van der Waals surface area contributed by atoms with Gasteiger partial charge in [-0.25, -0.2) is 0 Å². The molecule has 2 saturated heterocycles. The molecule has 126 valence electrons. The fraction of sp³-hybridized carbons (Fsp3) is 0.875. The van der Waals surface area contributed by atoms with E-state index in [9.17, 15) is 9.59 Å². The molecule has 1 spiro atoms. The molecule has 2 fully saturated rings. The van der Waals surface area contributed by atoms with Gasteiger partial charge in [0.2, 0.25) is 11.8 Å². The van der Waals surface area contributed by atoms with Gasteiger partial charge >= 0.3 is 0 Å². The highest BCUT2D eigenvalue weighted by molar-refractivity contribution is 8.00. The summed E-state index contributed by atoms with van der Waals surface area (Å²) in [4.78, 5) is 28.8. The van der Waals surface area contributed by atoms with Gasteiger partial charge in [-0.3, -0.25) is 9.59 Å². The Bertz CT molecular complexity index is 441. The van der Waals surface area contributed by atoms with E-state index < -0.39 is 6.04 Å². The molecular formula is C16H29N3O2S. The van der Waals surface area contributed by atoms with E-state index >= 15 is 0 Å². The van der Waals surface area contributed by atoms with E-state index in [2.05, 4.69) is 0 Å². The van der Waals surface area contributed by atoms with Crippen LogP contribution in [-0.2, 0) is 9.59 Å². The number of carbonyl (C=O) groups is 2. The number of nitrogens with zero attached hydrogens (tertiary/aromatic N) is 2. The van der Waals surface area contributed by atoms with Crippen LogP contribution in [-0.4, -0.2) is 57.9 Å². The Morgan fingerprint density at radius 2 is 1.82 bits per heavy atom. The molecule has 0 aromatic rings. The van der Waals surface area contributed by atoms with Gasteiger partial charge in [0, 0.05) is 24.8 Å². The minimum atomic E-state index is -0.448. The van der Waals surface area contributed by atoms with Gasteiger partial charge in [0.15, 0.2) is 0 Å². The van der Waals surface area contributed by atoms with Crippen molar-refractivity contribution in [3.63, 3.8) is 0 Å². The summed E-state index contributed by atoms with van der Waals surface area (Å²) in [5.74, 6) is 1.32. The molecule has 0 bridgehead atoms. The van der Waals surface area contributed by atoms with Crippen LogP contribution in [0, 0.1) is 11.8 Å². The van der Waals surface area contributed by atoms with Gasteiger partial charge in [-0.2, -0.15) is 0 Å². The van der Waals surface area contributed by atoms with Gasteiger partial charge in [-0.15, -0.1) is 11.8 Å². The molecule has 2 aliphatic heterocycles. The van der Waals surface area contributed by atoms with E-state index in [1.807, 2.05) is 49.3 Å². The van der Waals surface area contributed by atoms with Crippen molar-refractivity contribution >= 4 is 23.6 Å². The minimum Gasteiger partial charge on any atom is -0.338 e.